The van der Waals surface area contributed by atoms with Crippen LogP contribution >= 0.6 is 11.8 Å². The number of carbonyl (C=O) groups excluding carboxylic acids is 1. The number of imidazole rings is 1. The Morgan fingerprint density at radius 1 is 0.966 bits per heavy atom. The minimum Gasteiger partial charge on any atom is -0.295 e. The Balaban J connectivity index is 1.58. The molecule has 0 radical (unpaired) electrons. The van der Waals surface area contributed by atoms with Crippen LogP contribution in [0.2, 0.25) is 0 Å². The number of hydrogen-bond acceptors (Lipinski definition) is 5. The second kappa shape index (κ2) is 7.67. The van der Waals surface area contributed by atoms with Gasteiger partial charge in [0.1, 0.15) is 11.4 Å². The predicted molar refractivity (Wildman–Crippen MR) is 115 cm³/mol. The van der Waals surface area contributed by atoms with E-state index in [-0.39, 0.29) is 16.7 Å². The van der Waals surface area contributed by atoms with E-state index in [1.807, 2.05) is 49.4 Å². The van der Waals surface area contributed by atoms with Crippen molar-refractivity contribution >= 4 is 28.6 Å². The maximum Gasteiger partial charge on any atom is 0.328 e. The van der Waals surface area contributed by atoms with Crippen molar-refractivity contribution in [3.63, 3.8) is 0 Å². The van der Waals surface area contributed by atoms with E-state index < -0.39 is 0 Å². The molecule has 0 fully saturated rings. The number of Topliss-reactive ketones (excluding diaryl/α,β-unsaturated/α-hetero) is 1. The maximum absolute atomic E-state index is 13.0. The van der Waals surface area contributed by atoms with Gasteiger partial charge in [0.2, 0.25) is 0 Å². The van der Waals surface area contributed by atoms with E-state index in [0.29, 0.717) is 5.56 Å². The van der Waals surface area contributed by atoms with Crippen LogP contribution in [0.1, 0.15) is 17.3 Å². The molecule has 0 aliphatic rings. The number of aromatic nitrogens is 4. The number of fused-ring (bicyclic) bond motifs is 1. The summed E-state index contributed by atoms with van der Waals surface area (Å²) in [6.45, 7) is 1.87. The van der Waals surface area contributed by atoms with E-state index in [9.17, 15) is 9.59 Å². The molecule has 0 saturated carbocycles. The Bertz CT molecular complexity index is 1260. The van der Waals surface area contributed by atoms with Gasteiger partial charge in [-0.15, -0.1) is 0 Å². The van der Waals surface area contributed by atoms with Crippen LogP contribution in [-0.4, -0.2) is 30.1 Å². The molecular formula is C22H20N4O2S. The Hall–Kier alpha value is -3.19. The number of hydrogen-bond donors (Lipinski definition) is 0. The Kier molecular flexibility index (Phi) is 5.07. The van der Waals surface area contributed by atoms with Gasteiger partial charge in [0, 0.05) is 25.2 Å². The third-order valence-corrected chi connectivity index (χ3v) is 5.97. The zero-order valence-corrected chi connectivity index (χ0v) is 17.2. The topological polar surface area (TPSA) is 69.8 Å². The molecule has 0 saturated heterocycles. The molecule has 0 amide bonds. The molecule has 0 bridgehead atoms. The van der Waals surface area contributed by atoms with Crippen LogP contribution in [0.5, 0.6) is 0 Å². The highest BCUT2D eigenvalue weighted by atomic mass is 32.2. The van der Waals surface area contributed by atoms with Crippen LogP contribution in [0, 0.1) is 0 Å². The second-order valence-electron chi connectivity index (χ2n) is 6.84. The molecule has 0 aliphatic carbocycles. The lowest BCUT2D eigenvalue weighted by molar-refractivity contribution is 0.0994. The van der Waals surface area contributed by atoms with E-state index in [2.05, 4.69) is 9.97 Å². The Morgan fingerprint density at radius 3 is 2.45 bits per heavy atom. The van der Waals surface area contributed by atoms with E-state index >= 15 is 0 Å². The average Bonchev–Trinajstić information content (AvgIpc) is 2.97. The molecule has 29 heavy (non-hydrogen) atoms. The van der Waals surface area contributed by atoms with Gasteiger partial charge >= 0.3 is 5.69 Å². The standard InChI is InChI=1S/C22H20N4O2S/c1-14(29-20-12-17(23-13-24-20)15-7-5-4-6-8-15)21(27)16-9-10-18-19(11-16)26(3)22(28)25(18)2/h4-14H,1-3H3. The fourth-order valence-electron chi connectivity index (χ4n) is 3.30. The number of aryl methyl sites for hydroxylation is 2. The van der Waals surface area contributed by atoms with Crippen molar-refractivity contribution in [3.05, 3.63) is 77.0 Å². The Labute approximate surface area is 172 Å². The molecule has 146 valence electrons. The summed E-state index contributed by atoms with van der Waals surface area (Å²) in [5, 5.41) is 0.416. The van der Waals surface area contributed by atoms with Gasteiger partial charge in [0.25, 0.3) is 0 Å². The quantitative estimate of drug-likeness (QED) is 0.288. The molecule has 7 heteroatoms. The van der Waals surface area contributed by atoms with Crippen LogP contribution in [0.4, 0.5) is 0 Å². The molecule has 6 nitrogen and oxygen atoms in total. The number of nitrogens with zero attached hydrogens (tertiary/aromatic N) is 4. The summed E-state index contributed by atoms with van der Waals surface area (Å²) >= 11 is 1.40. The summed E-state index contributed by atoms with van der Waals surface area (Å²) in [4.78, 5) is 33.7. The number of thioether (sulfide) groups is 1. The van der Waals surface area contributed by atoms with Gasteiger partial charge in [-0.1, -0.05) is 42.1 Å². The van der Waals surface area contributed by atoms with Gasteiger partial charge in [-0.25, -0.2) is 14.8 Å². The first-order valence-corrected chi connectivity index (χ1v) is 10.1. The lowest BCUT2D eigenvalue weighted by Crippen LogP contribution is -2.19. The van der Waals surface area contributed by atoms with Gasteiger partial charge in [-0.05, 0) is 31.2 Å². The van der Waals surface area contributed by atoms with E-state index in [1.54, 1.807) is 35.4 Å². The van der Waals surface area contributed by atoms with Gasteiger partial charge in [-0.2, -0.15) is 0 Å². The van der Waals surface area contributed by atoms with Crippen LogP contribution in [0.25, 0.3) is 22.3 Å². The zero-order chi connectivity index (χ0) is 20.5. The predicted octanol–water partition coefficient (Wildman–Crippen LogP) is 3.70. The first-order chi connectivity index (χ1) is 14.0. The Morgan fingerprint density at radius 2 is 1.69 bits per heavy atom. The molecule has 0 N–H and O–H groups in total. The summed E-state index contributed by atoms with van der Waals surface area (Å²) in [5.41, 5.74) is 3.85. The second-order valence-corrected chi connectivity index (χ2v) is 8.20. The van der Waals surface area contributed by atoms with Crippen molar-refractivity contribution in [1.29, 1.82) is 0 Å². The van der Waals surface area contributed by atoms with Gasteiger partial charge in [-0.3, -0.25) is 13.9 Å². The fraction of sp³-hybridized carbons (Fsp3) is 0.182. The number of ketones is 1. The summed E-state index contributed by atoms with van der Waals surface area (Å²) in [6.07, 6.45) is 1.52. The molecule has 1 atom stereocenters. The summed E-state index contributed by atoms with van der Waals surface area (Å²) in [5.74, 6) is -0.00641. The third-order valence-electron chi connectivity index (χ3n) is 4.93. The molecule has 4 aromatic rings. The van der Waals surface area contributed by atoms with Crippen LogP contribution in [0.15, 0.2) is 70.7 Å². The van der Waals surface area contributed by atoms with E-state index in [0.717, 1.165) is 27.3 Å². The molecule has 0 spiro atoms. The van der Waals surface area contributed by atoms with Crippen molar-refractivity contribution < 1.29 is 4.79 Å². The largest absolute Gasteiger partial charge is 0.328 e. The molecule has 4 rings (SSSR count). The van der Waals surface area contributed by atoms with Gasteiger partial charge in [0.15, 0.2) is 5.78 Å². The number of benzene rings is 2. The highest BCUT2D eigenvalue weighted by Gasteiger charge is 2.19. The summed E-state index contributed by atoms with van der Waals surface area (Å²) in [7, 11) is 3.44. The zero-order valence-electron chi connectivity index (χ0n) is 16.4. The van der Waals surface area contributed by atoms with Gasteiger partial charge in [0.05, 0.1) is 22.0 Å². The SMILES string of the molecule is CC(Sc1cc(-c2ccccc2)ncn1)C(=O)c1ccc2c(c1)n(C)c(=O)n2C. The number of carbonyl (C=O) groups is 1. The molecule has 2 aromatic carbocycles. The smallest absolute Gasteiger partial charge is 0.295 e. The average molecular weight is 404 g/mol. The van der Waals surface area contributed by atoms with Crippen LogP contribution in [-0.2, 0) is 14.1 Å². The summed E-state index contributed by atoms with van der Waals surface area (Å²) < 4.78 is 3.13. The van der Waals surface area contributed by atoms with Crippen molar-refractivity contribution in [2.75, 3.05) is 0 Å². The van der Waals surface area contributed by atoms with E-state index in [4.69, 9.17) is 0 Å². The normalized spacial score (nSPS) is 12.2. The molecule has 1 unspecified atom stereocenters. The first-order valence-electron chi connectivity index (χ1n) is 9.19. The molecule has 0 aliphatic heterocycles. The van der Waals surface area contributed by atoms with Crippen molar-refractivity contribution in [3.8, 4) is 11.3 Å². The van der Waals surface area contributed by atoms with Crippen LogP contribution < -0.4 is 5.69 Å². The summed E-state index contributed by atoms with van der Waals surface area (Å²) in [6, 6.07) is 17.1. The molecular weight excluding hydrogens is 384 g/mol. The van der Waals surface area contributed by atoms with Crippen molar-refractivity contribution in [2.24, 2.45) is 14.1 Å². The highest BCUT2D eigenvalue weighted by Crippen LogP contribution is 2.27. The highest BCUT2D eigenvalue weighted by molar-refractivity contribution is 8.00. The van der Waals surface area contributed by atoms with Crippen LogP contribution in [0.3, 0.4) is 0 Å². The molecule has 2 aromatic heterocycles. The number of rotatable bonds is 5. The fourth-order valence-corrected chi connectivity index (χ4v) is 4.19. The lowest BCUT2D eigenvalue weighted by Gasteiger charge is -2.11. The van der Waals surface area contributed by atoms with Crippen molar-refractivity contribution in [2.45, 2.75) is 17.2 Å². The monoisotopic (exact) mass is 404 g/mol. The third kappa shape index (κ3) is 3.61. The molecule has 2 heterocycles. The lowest BCUT2D eigenvalue weighted by atomic mass is 10.1. The van der Waals surface area contributed by atoms with E-state index in [1.165, 1.54) is 18.1 Å². The van der Waals surface area contributed by atoms with Crippen molar-refractivity contribution in [1.82, 2.24) is 19.1 Å². The van der Waals surface area contributed by atoms with Gasteiger partial charge < -0.3 is 0 Å². The first kappa shape index (κ1) is 19.1. The minimum absolute atomic E-state index is 0.00641. The minimum atomic E-state index is -0.327. The maximum atomic E-state index is 13.0.